The predicted octanol–water partition coefficient (Wildman–Crippen LogP) is 3.05. The van der Waals surface area contributed by atoms with E-state index in [2.05, 4.69) is 17.0 Å². The summed E-state index contributed by atoms with van der Waals surface area (Å²) in [5, 5.41) is 0.531. The van der Waals surface area contributed by atoms with Crippen molar-refractivity contribution in [2.24, 2.45) is 7.05 Å². The van der Waals surface area contributed by atoms with E-state index in [1.165, 1.54) is 14.7 Å². The van der Waals surface area contributed by atoms with Gasteiger partial charge in [-0.15, -0.1) is 0 Å². The van der Waals surface area contributed by atoms with Gasteiger partial charge in [0.2, 0.25) is 5.95 Å². The van der Waals surface area contributed by atoms with Crippen LogP contribution in [0.1, 0.15) is 17.5 Å². The summed E-state index contributed by atoms with van der Waals surface area (Å²) in [6.07, 6.45) is 1.81. The molecule has 0 unspecified atom stereocenters. The lowest BCUT2D eigenvalue weighted by molar-refractivity contribution is 0.562. The number of hydrogen-bond acceptors (Lipinski definition) is 4. The number of fused-ring (bicyclic) bond motifs is 3. The summed E-state index contributed by atoms with van der Waals surface area (Å²) in [5.41, 5.74) is 2.17. The minimum Gasteiger partial charge on any atom is -0.342 e. The molecule has 0 fully saturated rings. The standard InChI is InChI=1S/C24H24ClN5O2/c1-27-21-20(22(31)30(24(27)32)16-18-10-5-6-11-19(18)25)29-14-7-13-28(23(29)26-21)15-12-17-8-3-2-4-9-17/h2-6,8-11H,7,12-16H2,1H3. The van der Waals surface area contributed by atoms with Gasteiger partial charge in [-0.05, 0) is 30.0 Å². The van der Waals surface area contributed by atoms with Crippen molar-refractivity contribution in [3.8, 4) is 0 Å². The van der Waals surface area contributed by atoms with Gasteiger partial charge in [-0.3, -0.25) is 13.9 Å². The van der Waals surface area contributed by atoms with Crippen LogP contribution in [0.3, 0.4) is 0 Å². The second-order valence-corrected chi connectivity index (χ2v) is 8.54. The van der Waals surface area contributed by atoms with Gasteiger partial charge in [0.1, 0.15) is 0 Å². The molecule has 0 aliphatic carbocycles. The highest BCUT2D eigenvalue weighted by atomic mass is 35.5. The Morgan fingerprint density at radius 3 is 2.53 bits per heavy atom. The van der Waals surface area contributed by atoms with Crippen LogP contribution in [0.25, 0.3) is 11.2 Å². The second-order valence-electron chi connectivity index (χ2n) is 8.14. The third kappa shape index (κ3) is 3.52. The highest BCUT2D eigenvalue weighted by Gasteiger charge is 2.26. The molecule has 7 nitrogen and oxygen atoms in total. The molecule has 32 heavy (non-hydrogen) atoms. The third-order valence-corrected chi connectivity index (χ3v) is 6.47. The molecular formula is C24H24ClN5O2. The molecule has 4 aromatic rings. The number of nitrogens with zero attached hydrogens (tertiary/aromatic N) is 5. The summed E-state index contributed by atoms with van der Waals surface area (Å²) < 4.78 is 4.68. The average Bonchev–Trinajstić information content (AvgIpc) is 3.21. The third-order valence-electron chi connectivity index (χ3n) is 6.10. The molecule has 0 radical (unpaired) electrons. The topological polar surface area (TPSA) is 65.1 Å². The SMILES string of the molecule is Cn1c(=O)n(Cc2ccccc2Cl)c(=O)c2c1nc1n2CCCN1CCc1ccccc1. The van der Waals surface area contributed by atoms with Crippen molar-refractivity contribution >= 4 is 28.7 Å². The van der Waals surface area contributed by atoms with Crippen molar-refractivity contribution < 1.29 is 0 Å². The molecule has 0 saturated heterocycles. The first-order chi connectivity index (χ1) is 15.5. The van der Waals surface area contributed by atoms with Crippen LogP contribution in [0, 0.1) is 0 Å². The maximum Gasteiger partial charge on any atom is 0.332 e. The molecule has 164 valence electrons. The molecule has 1 aliphatic rings. The van der Waals surface area contributed by atoms with Gasteiger partial charge >= 0.3 is 5.69 Å². The number of imidazole rings is 1. The Labute approximate surface area is 190 Å². The number of aryl methyl sites for hydroxylation is 2. The van der Waals surface area contributed by atoms with E-state index in [-0.39, 0.29) is 12.1 Å². The highest BCUT2D eigenvalue weighted by Crippen LogP contribution is 2.25. The number of hydrogen-bond donors (Lipinski definition) is 0. The zero-order valence-electron chi connectivity index (χ0n) is 17.9. The first-order valence-electron chi connectivity index (χ1n) is 10.8. The van der Waals surface area contributed by atoms with Crippen molar-refractivity contribution in [2.45, 2.75) is 25.9 Å². The lowest BCUT2D eigenvalue weighted by Gasteiger charge is -2.29. The van der Waals surface area contributed by atoms with Crippen LogP contribution in [0.4, 0.5) is 5.95 Å². The van der Waals surface area contributed by atoms with Crippen LogP contribution in [0.2, 0.25) is 5.02 Å². The molecule has 5 rings (SSSR count). The van der Waals surface area contributed by atoms with E-state index in [0.717, 1.165) is 37.4 Å². The second kappa shape index (κ2) is 8.31. The molecule has 0 saturated carbocycles. The summed E-state index contributed by atoms with van der Waals surface area (Å²) in [7, 11) is 1.67. The van der Waals surface area contributed by atoms with Crippen LogP contribution < -0.4 is 16.1 Å². The predicted molar refractivity (Wildman–Crippen MR) is 127 cm³/mol. The average molecular weight is 450 g/mol. The maximum atomic E-state index is 13.5. The first-order valence-corrected chi connectivity index (χ1v) is 11.1. The van der Waals surface area contributed by atoms with Gasteiger partial charge < -0.3 is 9.47 Å². The summed E-state index contributed by atoms with van der Waals surface area (Å²) in [6, 6.07) is 17.6. The summed E-state index contributed by atoms with van der Waals surface area (Å²) in [6.45, 7) is 2.50. The lowest BCUT2D eigenvalue weighted by atomic mass is 10.1. The van der Waals surface area contributed by atoms with Crippen molar-refractivity contribution in [2.75, 3.05) is 18.0 Å². The Morgan fingerprint density at radius 2 is 1.75 bits per heavy atom. The van der Waals surface area contributed by atoms with E-state index in [1.807, 2.05) is 41.0 Å². The van der Waals surface area contributed by atoms with Crippen molar-refractivity contribution in [3.05, 3.63) is 91.6 Å². The Morgan fingerprint density at radius 1 is 1.00 bits per heavy atom. The van der Waals surface area contributed by atoms with Crippen molar-refractivity contribution in [1.29, 1.82) is 0 Å². The number of rotatable bonds is 5. The van der Waals surface area contributed by atoms with Gasteiger partial charge in [0.25, 0.3) is 5.56 Å². The fourth-order valence-corrected chi connectivity index (χ4v) is 4.59. The molecular weight excluding hydrogens is 426 g/mol. The van der Waals surface area contributed by atoms with Gasteiger partial charge in [-0.2, -0.15) is 4.98 Å². The smallest absolute Gasteiger partial charge is 0.332 e. The van der Waals surface area contributed by atoms with Crippen LogP contribution in [-0.4, -0.2) is 31.8 Å². The Balaban J connectivity index is 1.57. The Hall–Kier alpha value is -3.32. The van der Waals surface area contributed by atoms with E-state index in [9.17, 15) is 9.59 Å². The van der Waals surface area contributed by atoms with Crippen molar-refractivity contribution in [1.82, 2.24) is 18.7 Å². The fourth-order valence-electron chi connectivity index (χ4n) is 4.39. The number of aromatic nitrogens is 4. The van der Waals surface area contributed by atoms with E-state index in [0.29, 0.717) is 22.7 Å². The van der Waals surface area contributed by atoms with Crippen LogP contribution in [0.5, 0.6) is 0 Å². The molecule has 0 amide bonds. The molecule has 0 N–H and O–H groups in total. The summed E-state index contributed by atoms with van der Waals surface area (Å²) >= 11 is 6.29. The van der Waals surface area contributed by atoms with E-state index < -0.39 is 5.69 Å². The monoisotopic (exact) mass is 449 g/mol. The number of anilines is 1. The van der Waals surface area contributed by atoms with Gasteiger partial charge in [-0.25, -0.2) is 4.79 Å². The number of halogens is 1. The molecule has 1 aliphatic heterocycles. The van der Waals surface area contributed by atoms with Crippen LogP contribution in [0.15, 0.2) is 64.2 Å². The normalized spacial score (nSPS) is 13.5. The minimum absolute atomic E-state index is 0.124. The van der Waals surface area contributed by atoms with Crippen LogP contribution in [-0.2, 0) is 26.6 Å². The first kappa shape index (κ1) is 20.6. The minimum atomic E-state index is -0.395. The highest BCUT2D eigenvalue weighted by molar-refractivity contribution is 6.31. The zero-order chi connectivity index (χ0) is 22.2. The lowest BCUT2D eigenvalue weighted by Crippen LogP contribution is -2.40. The molecule has 0 spiro atoms. The van der Waals surface area contributed by atoms with Gasteiger partial charge in [0, 0.05) is 31.7 Å². The van der Waals surface area contributed by atoms with Gasteiger partial charge in [-0.1, -0.05) is 60.1 Å². The largest absolute Gasteiger partial charge is 0.342 e. The molecule has 2 aromatic carbocycles. The number of benzene rings is 2. The van der Waals surface area contributed by atoms with Crippen LogP contribution >= 0.6 is 11.6 Å². The van der Waals surface area contributed by atoms with E-state index in [4.69, 9.17) is 16.6 Å². The van der Waals surface area contributed by atoms with E-state index >= 15 is 0 Å². The molecule has 8 heteroatoms. The molecule has 3 heterocycles. The molecule has 0 atom stereocenters. The molecule has 2 aromatic heterocycles. The van der Waals surface area contributed by atoms with Gasteiger partial charge in [0.05, 0.1) is 6.54 Å². The molecule has 0 bridgehead atoms. The van der Waals surface area contributed by atoms with Gasteiger partial charge in [0.15, 0.2) is 11.2 Å². The Kier molecular flexibility index (Phi) is 5.35. The van der Waals surface area contributed by atoms with E-state index in [1.54, 1.807) is 13.1 Å². The maximum absolute atomic E-state index is 13.5. The quantitative estimate of drug-likeness (QED) is 0.469. The zero-order valence-corrected chi connectivity index (χ0v) is 18.6. The fraction of sp³-hybridized carbons (Fsp3) is 0.292. The summed E-state index contributed by atoms with van der Waals surface area (Å²) in [4.78, 5) is 33.5. The summed E-state index contributed by atoms with van der Waals surface area (Å²) in [5.74, 6) is 0.754. The Bertz CT molecular complexity index is 1400. The van der Waals surface area contributed by atoms with Crippen molar-refractivity contribution in [3.63, 3.8) is 0 Å².